The first-order chi connectivity index (χ1) is 8.70. The van der Waals surface area contributed by atoms with Gasteiger partial charge < -0.3 is 4.74 Å². The zero-order valence-electron chi connectivity index (χ0n) is 12.2. The Balaban J connectivity index is 3.11. The standard InChI is InChI=1S/C15H22O3S/c1-12(2)10-11-15(3,4)19(16,17)14-8-6-13(18-5)7-9-14/h6-10H,11H2,1-5H3. The average molecular weight is 282 g/mol. The van der Waals surface area contributed by atoms with Gasteiger partial charge in [-0.3, -0.25) is 0 Å². The number of hydrogen-bond donors (Lipinski definition) is 0. The second-order valence-electron chi connectivity index (χ2n) is 5.42. The second-order valence-corrected chi connectivity index (χ2v) is 8.01. The highest BCUT2D eigenvalue weighted by atomic mass is 32.2. The van der Waals surface area contributed by atoms with Gasteiger partial charge in [-0.2, -0.15) is 0 Å². The summed E-state index contributed by atoms with van der Waals surface area (Å²) in [7, 11) is -1.80. The van der Waals surface area contributed by atoms with Crippen LogP contribution in [0.1, 0.15) is 34.1 Å². The summed E-state index contributed by atoms with van der Waals surface area (Å²) < 4.78 is 29.4. The summed E-state index contributed by atoms with van der Waals surface area (Å²) in [5.74, 6) is 0.654. The lowest BCUT2D eigenvalue weighted by Gasteiger charge is -2.23. The molecule has 19 heavy (non-hydrogen) atoms. The molecular weight excluding hydrogens is 260 g/mol. The van der Waals surface area contributed by atoms with E-state index in [9.17, 15) is 8.42 Å². The minimum absolute atomic E-state index is 0.334. The lowest BCUT2D eigenvalue weighted by Crippen LogP contribution is -2.31. The van der Waals surface area contributed by atoms with Gasteiger partial charge in [0.25, 0.3) is 0 Å². The normalized spacial score (nSPS) is 12.1. The van der Waals surface area contributed by atoms with Crippen molar-refractivity contribution in [3.05, 3.63) is 35.9 Å². The van der Waals surface area contributed by atoms with E-state index < -0.39 is 14.6 Å². The van der Waals surface area contributed by atoms with Gasteiger partial charge in [-0.1, -0.05) is 11.6 Å². The quantitative estimate of drug-likeness (QED) is 0.775. The number of rotatable bonds is 5. The van der Waals surface area contributed by atoms with Crippen molar-refractivity contribution in [3.63, 3.8) is 0 Å². The van der Waals surface area contributed by atoms with Crippen LogP contribution in [0.5, 0.6) is 5.75 Å². The van der Waals surface area contributed by atoms with Gasteiger partial charge in [0.1, 0.15) is 5.75 Å². The maximum absolute atomic E-state index is 12.6. The molecule has 0 spiro atoms. The van der Waals surface area contributed by atoms with Crippen LogP contribution >= 0.6 is 0 Å². The first-order valence-corrected chi connectivity index (χ1v) is 7.71. The second kappa shape index (κ2) is 5.78. The van der Waals surface area contributed by atoms with Crippen molar-refractivity contribution in [3.8, 4) is 5.75 Å². The monoisotopic (exact) mass is 282 g/mol. The number of benzene rings is 1. The van der Waals surface area contributed by atoms with Crippen LogP contribution < -0.4 is 4.74 Å². The zero-order chi connectivity index (χ0) is 14.7. The first-order valence-electron chi connectivity index (χ1n) is 6.23. The van der Waals surface area contributed by atoms with Crippen LogP contribution in [0, 0.1) is 0 Å². The molecule has 3 nitrogen and oxygen atoms in total. The molecule has 0 unspecified atom stereocenters. The molecule has 1 aromatic rings. The summed E-state index contributed by atoms with van der Waals surface area (Å²) in [6, 6.07) is 6.53. The van der Waals surface area contributed by atoms with Gasteiger partial charge >= 0.3 is 0 Å². The van der Waals surface area contributed by atoms with Crippen molar-refractivity contribution < 1.29 is 13.2 Å². The molecule has 0 aliphatic carbocycles. The number of hydrogen-bond acceptors (Lipinski definition) is 3. The van der Waals surface area contributed by atoms with E-state index in [0.717, 1.165) is 5.57 Å². The van der Waals surface area contributed by atoms with E-state index in [1.807, 2.05) is 19.9 Å². The van der Waals surface area contributed by atoms with Crippen LogP contribution in [0.25, 0.3) is 0 Å². The molecule has 0 saturated carbocycles. The molecule has 0 fully saturated rings. The van der Waals surface area contributed by atoms with Gasteiger partial charge in [-0.25, -0.2) is 8.42 Å². The molecule has 0 heterocycles. The molecule has 0 aliphatic rings. The van der Waals surface area contributed by atoms with Crippen LogP contribution in [0.4, 0.5) is 0 Å². The summed E-state index contributed by atoms with van der Waals surface area (Å²) >= 11 is 0. The number of methoxy groups -OCH3 is 1. The van der Waals surface area contributed by atoms with Crippen LogP contribution in [-0.2, 0) is 9.84 Å². The molecule has 0 amide bonds. The van der Waals surface area contributed by atoms with Gasteiger partial charge in [-0.05, 0) is 58.4 Å². The van der Waals surface area contributed by atoms with E-state index >= 15 is 0 Å². The molecule has 0 saturated heterocycles. The van der Waals surface area contributed by atoms with Gasteiger partial charge in [0, 0.05) is 0 Å². The van der Waals surface area contributed by atoms with Crippen molar-refractivity contribution in [2.45, 2.75) is 43.8 Å². The minimum atomic E-state index is -3.36. The van der Waals surface area contributed by atoms with E-state index in [4.69, 9.17) is 4.74 Å². The highest BCUT2D eigenvalue weighted by Crippen LogP contribution is 2.30. The Kier molecular flexibility index (Phi) is 4.80. The lowest BCUT2D eigenvalue weighted by molar-refractivity contribution is 0.414. The average Bonchev–Trinajstić information content (AvgIpc) is 2.36. The third kappa shape index (κ3) is 3.60. The SMILES string of the molecule is COc1ccc(S(=O)(=O)C(C)(C)CC=C(C)C)cc1. The molecule has 0 bridgehead atoms. The molecule has 0 N–H and O–H groups in total. The summed E-state index contributed by atoms with van der Waals surface area (Å²) in [6.45, 7) is 7.45. The maximum atomic E-state index is 12.6. The topological polar surface area (TPSA) is 43.4 Å². The molecule has 1 rings (SSSR count). The molecule has 0 aliphatic heterocycles. The van der Waals surface area contributed by atoms with Crippen LogP contribution in [-0.4, -0.2) is 20.3 Å². The third-order valence-electron chi connectivity index (χ3n) is 3.10. The van der Waals surface area contributed by atoms with Crippen molar-refractivity contribution in [2.24, 2.45) is 0 Å². The highest BCUT2D eigenvalue weighted by molar-refractivity contribution is 7.92. The molecule has 106 valence electrons. The molecule has 4 heteroatoms. The fourth-order valence-electron chi connectivity index (χ4n) is 1.63. The number of ether oxygens (including phenoxy) is 1. The van der Waals surface area contributed by atoms with Gasteiger partial charge in [-0.15, -0.1) is 0 Å². The lowest BCUT2D eigenvalue weighted by atomic mass is 10.1. The van der Waals surface area contributed by atoms with Gasteiger partial charge in [0.15, 0.2) is 9.84 Å². The predicted molar refractivity (Wildman–Crippen MR) is 78.3 cm³/mol. The Bertz CT molecular complexity index is 548. The van der Waals surface area contributed by atoms with Crippen LogP contribution in [0.15, 0.2) is 40.8 Å². The van der Waals surface area contributed by atoms with Gasteiger partial charge in [0.2, 0.25) is 0 Å². The smallest absolute Gasteiger partial charge is 0.183 e. The van der Waals surface area contributed by atoms with E-state index in [0.29, 0.717) is 17.1 Å². The Hall–Kier alpha value is -1.29. The zero-order valence-corrected chi connectivity index (χ0v) is 13.0. The van der Waals surface area contributed by atoms with Crippen LogP contribution in [0.3, 0.4) is 0 Å². The van der Waals surface area contributed by atoms with Crippen molar-refractivity contribution in [1.82, 2.24) is 0 Å². The molecule has 0 radical (unpaired) electrons. The van der Waals surface area contributed by atoms with Crippen molar-refractivity contribution >= 4 is 9.84 Å². The molecule has 0 aromatic heterocycles. The molecule has 0 atom stereocenters. The van der Waals surface area contributed by atoms with E-state index in [-0.39, 0.29) is 0 Å². The highest BCUT2D eigenvalue weighted by Gasteiger charge is 2.34. The van der Waals surface area contributed by atoms with Gasteiger partial charge in [0.05, 0.1) is 16.8 Å². The fourth-order valence-corrected chi connectivity index (χ4v) is 3.07. The van der Waals surface area contributed by atoms with Crippen LogP contribution in [0.2, 0.25) is 0 Å². The van der Waals surface area contributed by atoms with Crippen molar-refractivity contribution in [1.29, 1.82) is 0 Å². The summed E-state index contributed by atoms with van der Waals surface area (Å²) in [6.07, 6.45) is 2.46. The largest absolute Gasteiger partial charge is 0.497 e. The third-order valence-corrected chi connectivity index (χ3v) is 5.61. The van der Waals surface area contributed by atoms with Crippen molar-refractivity contribution in [2.75, 3.05) is 7.11 Å². The Morgan fingerprint density at radius 2 is 1.74 bits per heavy atom. The maximum Gasteiger partial charge on any atom is 0.183 e. The predicted octanol–water partition coefficient (Wildman–Crippen LogP) is 3.60. The molecular formula is C15H22O3S. The van der Waals surface area contributed by atoms with E-state index in [1.54, 1.807) is 45.2 Å². The van der Waals surface area contributed by atoms with E-state index in [1.165, 1.54) is 0 Å². The Morgan fingerprint density at radius 3 is 2.16 bits per heavy atom. The number of sulfone groups is 1. The fraction of sp³-hybridized carbons (Fsp3) is 0.467. The molecule has 1 aromatic carbocycles. The first kappa shape index (κ1) is 15.8. The van der Waals surface area contributed by atoms with E-state index in [2.05, 4.69) is 0 Å². The Morgan fingerprint density at radius 1 is 1.21 bits per heavy atom. The summed E-state index contributed by atoms with van der Waals surface area (Å²) in [5, 5.41) is 0. The summed E-state index contributed by atoms with van der Waals surface area (Å²) in [5.41, 5.74) is 1.12. The Labute approximate surface area is 116 Å². The minimum Gasteiger partial charge on any atom is -0.497 e. The number of allylic oxidation sites excluding steroid dienone is 2. The summed E-state index contributed by atoms with van der Waals surface area (Å²) in [4.78, 5) is 0.334.